The highest BCUT2D eigenvalue weighted by atomic mass is 19.1. The van der Waals surface area contributed by atoms with E-state index in [4.69, 9.17) is 4.74 Å². The zero-order valence-corrected chi connectivity index (χ0v) is 15.9. The third kappa shape index (κ3) is 3.65. The third-order valence-electron chi connectivity index (χ3n) is 5.62. The van der Waals surface area contributed by atoms with Crippen LogP contribution in [0.2, 0.25) is 0 Å². The van der Waals surface area contributed by atoms with Gasteiger partial charge in [0.15, 0.2) is 0 Å². The predicted molar refractivity (Wildman–Crippen MR) is 100 cm³/mol. The molecular weight excluding hydrogens is 379 g/mol. The molecule has 2 fully saturated rings. The largest absolute Gasteiger partial charge is 0.375 e. The Balaban J connectivity index is 1.60. The molecule has 2 aliphatic rings. The Hall–Kier alpha value is -3.07. The summed E-state index contributed by atoms with van der Waals surface area (Å²) in [6.07, 6.45) is 2.38. The van der Waals surface area contributed by atoms with E-state index in [2.05, 4.69) is 9.97 Å². The Morgan fingerprint density at radius 3 is 2.83 bits per heavy atom. The second-order valence-electron chi connectivity index (χ2n) is 7.41. The third-order valence-corrected chi connectivity index (χ3v) is 5.62. The number of amides is 2. The molecular formula is C20H21FN4O4. The molecule has 152 valence electrons. The molecule has 2 aliphatic heterocycles. The van der Waals surface area contributed by atoms with Crippen LogP contribution in [-0.4, -0.2) is 64.9 Å². The molecule has 4 rings (SSSR count). The number of halogens is 1. The van der Waals surface area contributed by atoms with E-state index < -0.39 is 0 Å². The van der Waals surface area contributed by atoms with Gasteiger partial charge < -0.3 is 19.5 Å². The summed E-state index contributed by atoms with van der Waals surface area (Å²) in [6.45, 7) is 1.31. The number of fused-ring (bicyclic) bond motifs is 1. The van der Waals surface area contributed by atoms with Crippen molar-refractivity contribution in [2.45, 2.75) is 6.04 Å². The smallest absolute Gasteiger partial charge is 0.273 e. The van der Waals surface area contributed by atoms with Gasteiger partial charge in [-0.15, -0.1) is 0 Å². The molecule has 3 atom stereocenters. The first-order chi connectivity index (χ1) is 14.0. The van der Waals surface area contributed by atoms with E-state index in [1.165, 1.54) is 25.4 Å². The second kappa shape index (κ2) is 7.75. The van der Waals surface area contributed by atoms with Crippen molar-refractivity contribution in [2.24, 2.45) is 11.8 Å². The van der Waals surface area contributed by atoms with Crippen molar-refractivity contribution in [1.82, 2.24) is 19.8 Å². The highest BCUT2D eigenvalue weighted by Gasteiger charge is 2.50. The molecule has 1 aromatic heterocycles. The number of carbonyl (C=O) groups excluding carboxylic acids is 2. The fourth-order valence-electron chi connectivity index (χ4n) is 4.41. The summed E-state index contributed by atoms with van der Waals surface area (Å²) < 4.78 is 18.9. The summed E-state index contributed by atoms with van der Waals surface area (Å²) in [5.41, 5.74) is 0.496. The minimum atomic E-state index is -0.377. The SMILES string of the molecule is COCC(=O)N1C[C@H]2CN(C(=O)c3c[nH]c(=O)cn3)C[C@H]2[C@@H]1c1cccc(F)c1. The zero-order valence-electron chi connectivity index (χ0n) is 15.9. The maximum Gasteiger partial charge on any atom is 0.273 e. The van der Waals surface area contributed by atoms with Crippen molar-refractivity contribution >= 4 is 11.8 Å². The molecule has 9 heteroatoms. The number of likely N-dealkylation sites (tertiary alicyclic amines) is 2. The van der Waals surface area contributed by atoms with Gasteiger partial charge in [-0.1, -0.05) is 12.1 Å². The molecule has 2 amide bonds. The lowest BCUT2D eigenvalue weighted by molar-refractivity contribution is -0.136. The molecule has 2 saturated heterocycles. The van der Waals surface area contributed by atoms with Crippen molar-refractivity contribution in [2.75, 3.05) is 33.4 Å². The number of hydrogen-bond donors (Lipinski definition) is 1. The first-order valence-electron chi connectivity index (χ1n) is 9.36. The fraction of sp³-hybridized carbons (Fsp3) is 0.400. The Bertz CT molecular complexity index is 974. The highest BCUT2D eigenvalue weighted by Crippen LogP contribution is 2.45. The molecule has 0 radical (unpaired) electrons. The van der Waals surface area contributed by atoms with Crippen LogP contribution in [0.4, 0.5) is 4.39 Å². The van der Waals surface area contributed by atoms with Crippen LogP contribution < -0.4 is 5.56 Å². The van der Waals surface area contributed by atoms with Crippen LogP contribution in [0.3, 0.4) is 0 Å². The number of nitrogens with one attached hydrogen (secondary N) is 1. The molecule has 2 aromatic rings. The standard InChI is InChI=1S/C20H21FN4O4/c1-29-11-18(27)25-9-13-8-24(20(28)16-6-23-17(26)7-22-16)10-15(13)19(25)12-3-2-4-14(21)5-12/h2-7,13,15,19H,8-11H2,1H3,(H,23,26)/t13-,15-,19+/m1/s1. The lowest BCUT2D eigenvalue weighted by atomic mass is 9.89. The van der Waals surface area contributed by atoms with Crippen LogP contribution in [0.25, 0.3) is 0 Å². The van der Waals surface area contributed by atoms with Gasteiger partial charge in [-0.05, 0) is 17.7 Å². The van der Waals surface area contributed by atoms with Crippen LogP contribution in [0, 0.1) is 17.7 Å². The Morgan fingerprint density at radius 1 is 1.31 bits per heavy atom. The number of aromatic nitrogens is 2. The first-order valence-corrected chi connectivity index (χ1v) is 9.36. The molecule has 1 aromatic carbocycles. The van der Waals surface area contributed by atoms with E-state index in [0.29, 0.717) is 25.2 Å². The van der Waals surface area contributed by atoms with Gasteiger partial charge in [0.2, 0.25) is 5.91 Å². The summed E-state index contributed by atoms with van der Waals surface area (Å²) >= 11 is 0. The molecule has 0 bridgehead atoms. The highest BCUT2D eigenvalue weighted by molar-refractivity contribution is 5.92. The van der Waals surface area contributed by atoms with Gasteiger partial charge in [-0.3, -0.25) is 14.4 Å². The molecule has 3 heterocycles. The maximum absolute atomic E-state index is 13.9. The average molecular weight is 400 g/mol. The van der Waals surface area contributed by atoms with Crippen LogP contribution in [0.15, 0.2) is 41.5 Å². The van der Waals surface area contributed by atoms with Crippen LogP contribution in [-0.2, 0) is 9.53 Å². The van der Waals surface area contributed by atoms with Gasteiger partial charge in [-0.2, -0.15) is 0 Å². The lowest BCUT2D eigenvalue weighted by Gasteiger charge is -2.30. The molecule has 0 spiro atoms. The lowest BCUT2D eigenvalue weighted by Crippen LogP contribution is -2.39. The van der Waals surface area contributed by atoms with Gasteiger partial charge in [0, 0.05) is 44.8 Å². The second-order valence-corrected chi connectivity index (χ2v) is 7.41. The van der Waals surface area contributed by atoms with Crippen LogP contribution in [0.1, 0.15) is 22.1 Å². The summed E-state index contributed by atoms with van der Waals surface area (Å²) in [7, 11) is 1.46. The van der Waals surface area contributed by atoms with E-state index >= 15 is 0 Å². The quantitative estimate of drug-likeness (QED) is 0.820. The topological polar surface area (TPSA) is 95.6 Å². The van der Waals surface area contributed by atoms with E-state index in [1.807, 2.05) is 0 Å². The minimum absolute atomic E-state index is 0.0238. The van der Waals surface area contributed by atoms with Gasteiger partial charge in [0.25, 0.3) is 11.5 Å². The molecule has 0 saturated carbocycles. The van der Waals surface area contributed by atoms with Gasteiger partial charge in [-0.25, -0.2) is 9.37 Å². The zero-order chi connectivity index (χ0) is 20.5. The van der Waals surface area contributed by atoms with Crippen LogP contribution in [0.5, 0.6) is 0 Å². The number of ether oxygens (including phenoxy) is 1. The predicted octanol–water partition coefficient (Wildman–Crippen LogP) is 0.827. The van der Waals surface area contributed by atoms with Crippen molar-refractivity contribution < 1.29 is 18.7 Å². The number of rotatable bonds is 4. The van der Waals surface area contributed by atoms with Gasteiger partial charge >= 0.3 is 0 Å². The monoisotopic (exact) mass is 400 g/mol. The number of benzene rings is 1. The van der Waals surface area contributed by atoms with E-state index in [1.54, 1.807) is 21.9 Å². The van der Waals surface area contributed by atoms with E-state index in [-0.39, 0.29) is 53.4 Å². The number of nitrogens with zero attached hydrogens (tertiary/aromatic N) is 3. The number of H-pyrrole nitrogens is 1. The van der Waals surface area contributed by atoms with E-state index in [9.17, 15) is 18.8 Å². The van der Waals surface area contributed by atoms with Crippen LogP contribution >= 0.6 is 0 Å². The molecule has 1 N–H and O–H groups in total. The van der Waals surface area contributed by atoms with Gasteiger partial charge in [0.1, 0.15) is 18.1 Å². The van der Waals surface area contributed by atoms with Gasteiger partial charge in [0.05, 0.1) is 12.2 Å². The first kappa shape index (κ1) is 19.3. The number of aromatic amines is 1. The normalized spacial score (nSPS) is 23.3. The fourth-order valence-corrected chi connectivity index (χ4v) is 4.41. The molecule has 8 nitrogen and oxygen atoms in total. The Labute approximate surface area is 166 Å². The van der Waals surface area contributed by atoms with Crippen molar-refractivity contribution in [3.63, 3.8) is 0 Å². The van der Waals surface area contributed by atoms with Crippen molar-refractivity contribution in [3.05, 3.63) is 64.1 Å². The summed E-state index contributed by atoms with van der Waals surface area (Å²) in [5, 5.41) is 0. The minimum Gasteiger partial charge on any atom is -0.375 e. The molecule has 0 unspecified atom stereocenters. The van der Waals surface area contributed by atoms with E-state index in [0.717, 1.165) is 6.20 Å². The maximum atomic E-state index is 13.9. The summed E-state index contributed by atoms with van der Waals surface area (Å²) in [5.74, 6) is -0.756. The number of carbonyl (C=O) groups is 2. The number of methoxy groups -OCH3 is 1. The Kier molecular flexibility index (Phi) is 5.14. The Morgan fingerprint density at radius 2 is 2.14 bits per heavy atom. The molecule has 0 aliphatic carbocycles. The summed E-state index contributed by atoms with van der Waals surface area (Å²) in [4.78, 5) is 46.3. The molecule has 29 heavy (non-hydrogen) atoms. The summed E-state index contributed by atoms with van der Waals surface area (Å²) in [6, 6.07) is 5.90. The average Bonchev–Trinajstić information content (AvgIpc) is 3.26. The van der Waals surface area contributed by atoms with Crippen molar-refractivity contribution in [3.8, 4) is 0 Å². The van der Waals surface area contributed by atoms with Crippen molar-refractivity contribution in [1.29, 1.82) is 0 Å². The number of hydrogen-bond acceptors (Lipinski definition) is 5.